The number of amides is 3. The first-order chi connectivity index (χ1) is 12.5. The van der Waals surface area contributed by atoms with Crippen LogP contribution in [0, 0.1) is 0 Å². The molecule has 1 aliphatic rings. The highest BCUT2D eigenvalue weighted by atomic mass is 16.5. The number of ether oxygens (including phenoxy) is 1. The van der Waals surface area contributed by atoms with E-state index in [0.717, 1.165) is 5.56 Å². The summed E-state index contributed by atoms with van der Waals surface area (Å²) in [6, 6.07) is 12.4. The number of aryl methyl sites for hydroxylation is 1. The summed E-state index contributed by atoms with van der Waals surface area (Å²) < 4.78 is 5.31. The standard InChI is InChI=1S/C19H19N3O4/c1-12(23)20-14-3-2-4-15(10-14)21-18(24)8-6-13-5-7-17-16(9-13)22-19(25)11-26-17/h2-5,7,9-10H,6,8,11H2,1H3,(H,20,23)(H,21,24)(H,22,25). The van der Waals surface area contributed by atoms with Crippen molar-refractivity contribution in [3.8, 4) is 5.75 Å². The molecule has 0 fully saturated rings. The lowest BCUT2D eigenvalue weighted by molar-refractivity contribution is -0.119. The van der Waals surface area contributed by atoms with Gasteiger partial charge in [-0.05, 0) is 42.3 Å². The van der Waals surface area contributed by atoms with Gasteiger partial charge >= 0.3 is 0 Å². The molecule has 0 saturated carbocycles. The van der Waals surface area contributed by atoms with Gasteiger partial charge in [0.25, 0.3) is 5.91 Å². The Kier molecular flexibility index (Phi) is 5.17. The van der Waals surface area contributed by atoms with Gasteiger partial charge in [-0.1, -0.05) is 12.1 Å². The Bertz CT molecular complexity index is 864. The smallest absolute Gasteiger partial charge is 0.262 e. The molecule has 0 aromatic heterocycles. The molecule has 1 aliphatic heterocycles. The molecule has 7 nitrogen and oxygen atoms in total. The van der Waals surface area contributed by atoms with E-state index in [0.29, 0.717) is 29.2 Å². The highest BCUT2D eigenvalue weighted by molar-refractivity contribution is 5.95. The molecule has 134 valence electrons. The molecule has 3 rings (SSSR count). The molecule has 3 amide bonds. The zero-order valence-electron chi connectivity index (χ0n) is 14.3. The van der Waals surface area contributed by atoms with Crippen LogP contribution in [0.4, 0.5) is 17.1 Å². The third-order valence-corrected chi connectivity index (χ3v) is 3.78. The van der Waals surface area contributed by atoms with Crippen LogP contribution in [0.2, 0.25) is 0 Å². The van der Waals surface area contributed by atoms with E-state index in [-0.39, 0.29) is 30.7 Å². The molecule has 2 aromatic rings. The van der Waals surface area contributed by atoms with Crippen molar-refractivity contribution in [1.29, 1.82) is 0 Å². The van der Waals surface area contributed by atoms with Gasteiger partial charge in [0.05, 0.1) is 5.69 Å². The number of carbonyl (C=O) groups excluding carboxylic acids is 3. The van der Waals surface area contributed by atoms with Gasteiger partial charge in [-0.2, -0.15) is 0 Å². The number of anilines is 3. The maximum atomic E-state index is 12.2. The van der Waals surface area contributed by atoms with Crippen LogP contribution >= 0.6 is 0 Å². The summed E-state index contributed by atoms with van der Waals surface area (Å²) >= 11 is 0. The fourth-order valence-electron chi connectivity index (χ4n) is 2.65. The molecule has 7 heteroatoms. The maximum absolute atomic E-state index is 12.2. The van der Waals surface area contributed by atoms with Gasteiger partial charge in [-0.25, -0.2) is 0 Å². The van der Waals surface area contributed by atoms with Crippen molar-refractivity contribution in [2.75, 3.05) is 22.6 Å². The molecule has 0 unspecified atom stereocenters. The van der Waals surface area contributed by atoms with E-state index in [9.17, 15) is 14.4 Å². The predicted molar refractivity (Wildman–Crippen MR) is 98.3 cm³/mol. The number of benzene rings is 2. The van der Waals surface area contributed by atoms with Crippen molar-refractivity contribution >= 4 is 34.8 Å². The molecular weight excluding hydrogens is 334 g/mol. The largest absolute Gasteiger partial charge is 0.482 e. The van der Waals surface area contributed by atoms with Crippen LogP contribution in [0.1, 0.15) is 18.9 Å². The molecule has 0 aliphatic carbocycles. The van der Waals surface area contributed by atoms with E-state index < -0.39 is 0 Å². The Hall–Kier alpha value is -3.35. The molecule has 0 atom stereocenters. The van der Waals surface area contributed by atoms with Crippen molar-refractivity contribution in [3.05, 3.63) is 48.0 Å². The molecule has 3 N–H and O–H groups in total. The number of fused-ring (bicyclic) bond motifs is 1. The maximum Gasteiger partial charge on any atom is 0.262 e. The number of carbonyl (C=O) groups is 3. The first-order valence-corrected chi connectivity index (χ1v) is 8.23. The van der Waals surface area contributed by atoms with Crippen molar-refractivity contribution in [3.63, 3.8) is 0 Å². The van der Waals surface area contributed by atoms with Crippen LogP contribution in [0.5, 0.6) is 5.75 Å². The lowest BCUT2D eigenvalue weighted by atomic mass is 10.1. The third kappa shape index (κ3) is 4.60. The predicted octanol–water partition coefficient (Wildman–Crippen LogP) is 2.55. The third-order valence-electron chi connectivity index (χ3n) is 3.78. The summed E-state index contributed by atoms with van der Waals surface area (Å²) in [5.41, 5.74) is 2.80. The van der Waals surface area contributed by atoms with Gasteiger partial charge in [0, 0.05) is 24.7 Å². The molecule has 0 spiro atoms. The van der Waals surface area contributed by atoms with Crippen LogP contribution in [-0.4, -0.2) is 24.3 Å². The monoisotopic (exact) mass is 353 g/mol. The van der Waals surface area contributed by atoms with Gasteiger partial charge < -0.3 is 20.7 Å². The normalized spacial score (nSPS) is 12.4. The summed E-state index contributed by atoms with van der Waals surface area (Å²) in [4.78, 5) is 34.6. The minimum Gasteiger partial charge on any atom is -0.482 e. The molecule has 1 heterocycles. The van der Waals surface area contributed by atoms with Crippen molar-refractivity contribution < 1.29 is 19.1 Å². The Morgan fingerprint density at radius 3 is 2.65 bits per heavy atom. The van der Waals surface area contributed by atoms with E-state index in [1.165, 1.54) is 6.92 Å². The first kappa shape index (κ1) is 17.5. The molecule has 2 aromatic carbocycles. The van der Waals surface area contributed by atoms with Crippen LogP contribution in [0.25, 0.3) is 0 Å². The molecule has 0 bridgehead atoms. The summed E-state index contributed by atoms with van der Waals surface area (Å²) in [5, 5.41) is 8.23. The van der Waals surface area contributed by atoms with Crippen LogP contribution in [-0.2, 0) is 20.8 Å². The second-order valence-electron chi connectivity index (χ2n) is 5.98. The second-order valence-corrected chi connectivity index (χ2v) is 5.98. The highest BCUT2D eigenvalue weighted by Crippen LogP contribution is 2.28. The zero-order valence-corrected chi connectivity index (χ0v) is 14.3. The van der Waals surface area contributed by atoms with Crippen LogP contribution < -0.4 is 20.7 Å². The molecule has 26 heavy (non-hydrogen) atoms. The molecular formula is C19H19N3O4. The van der Waals surface area contributed by atoms with E-state index >= 15 is 0 Å². The first-order valence-electron chi connectivity index (χ1n) is 8.23. The van der Waals surface area contributed by atoms with Gasteiger partial charge in [0.1, 0.15) is 5.75 Å². The summed E-state index contributed by atoms with van der Waals surface area (Å²) in [7, 11) is 0. The Labute approximate surface area is 150 Å². The summed E-state index contributed by atoms with van der Waals surface area (Å²) in [6.07, 6.45) is 0.818. The second kappa shape index (κ2) is 7.69. The quantitative estimate of drug-likeness (QED) is 0.770. The van der Waals surface area contributed by atoms with E-state index in [1.807, 2.05) is 12.1 Å². The minimum atomic E-state index is -0.188. The lowest BCUT2D eigenvalue weighted by Crippen LogP contribution is -2.25. The van der Waals surface area contributed by atoms with Gasteiger partial charge in [0.15, 0.2) is 6.61 Å². The van der Waals surface area contributed by atoms with Crippen LogP contribution in [0.15, 0.2) is 42.5 Å². The summed E-state index contributed by atoms with van der Waals surface area (Å²) in [5.74, 6) is 0.138. The van der Waals surface area contributed by atoms with Crippen molar-refractivity contribution in [1.82, 2.24) is 0 Å². The minimum absolute atomic E-state index is 0.0201. The average Bonchev–Trinajstić information content (AvgIpc) is 2.59. The number of rotatable bonds is 5. The Morgan fingerprint density at radius 1 is 1.12 bits per heavy atom. The van der Waals surface area contributed by atoms with E-state index in [2.05, 4.69) is 16.0 Å². The summed E-state index contributed by atoms with van der Waals surface area (Å²) in [6.45, 7) is 1.45. The fraction of sp³-hybridized carbons (Fsp3) is 0.211. The fourth-order valence-corrected chi connectivity index (χ4v) is 2.65. The zero-order chi connectivity index (χ0) is 18.5. The number of nitrogens with one attached hydrogen (secondary N) is 3. The molecule has 0 saturated heterocycles. The number of hydrogen-bond donors (Lipinski definition) is 3. The van der Waals surface area contributed by atoms with Gasteiger partial charge in [-0.15, -0.1) is 0 Å². The van der Waals surface area contributed by atoms with E-state index in [1.54, 1.807) is 30.3 Å². The van der Waals surface area contributed by atoms with Crippen molar-refractivity contribution in [2.45, 2.75) is 19.8 Å². The van der Waals surface area contributed by atoms with Crippen LogP contribution in [0.3, 0.4) is 0 Å². The molecule has 0 radical (unpaired) electrons. The van der Waals surface area contributed by atoms with Gasteiger partial charge in [0.2, 0.25) is 11.8 Å². The van der Waals surface area contributed by atoms with E-state index in [4.69, 9.17) is 4.74 Å². The van der Waals surface area contributed by atoms with Crippen molar-refractivity contribution in [2.24, 2.45) is 0 Å². The Morgan fingerprint density at radius 2 is 1.88 bits per heavy atom. The highest BCUT2D eigenvalue weighted by Gasteiger charge is 2.16. The number of hydrogen-bond acceptors (Lipinski definition) is 4. The topological polar surface area (TPSA) is 96.5 Å². The SMILES string of the molecule is CC(=O)Nc1cccc(NC(=O)CCc2ccc3c(c2)NC(=O)CO3)c1. The average molecular weight is 353 g/mol. The van der Waals surface area contributed by atoms with Gasteiger partial charge in [-0.3, -0.25) is 14.4 Å². The lowest BCUT2D eigenvalue weighted by Gasteiger charge is -2.18. The Balaban J connectivity index is 1.57.